The molecule has 0 bridgehead atoms. The first-order valence-corrected chi connectivity index (χ1v) is 13.3. The van der Waals surface area contributed by atoms with Crippen LogP contribution in [0.4, 0.5) is 14.5 Å². The van der Waals surface area contributed by atoms with Crippen LogP contribution in [-0.2, 0) is 0 Å². The summed E-state index contributed by atoms with van der Waals surface area (Å²) < 4.78 is 43.4. The second kappa shape index (κ2) is 13.1. The second-order valence-corrected chi connectivity index (χ2v) is 10.4. The molecule has 9 heteroatoms. The van der Waals surface area contributed by atoms with E-state index in [0.29, 0.717) is 5.75 Å². The van der Waals surface area contributed by atoms with Crippen molar-refractivity contribution in [3.05, 3.63) is 106 Å². The van der Waals surface area contributed by atoms with Crippen LogP contribution >= 0.6 is 25.0 Å². The zero-order chi connectivity index (χ0) is 29.1. The number of aromatic nitrogens is 1. The zero-order valence-electron chi connectivity index (χ0n) is 23.7. The Morgan fingerprint density at radius 3 is 2.07 bits per heavy atom. The number of carbonyl (C=O) groups is 1. The zero-order valence-corrected chi connectivity index (χ0v) is 25.5. The molecule has 0 aliphatic rings. The fraction of sp³-hybridized carbons (Fsp3) is 0.188. The van der Waals surface area contributed by atoms with Crippen molar-refractivity contribution in [3.63, 3.8) is 0 Å². The lowest BCUT2D eigenvalue weighted by atomic mass is 9.98. The summed E-state index contributed by atoms with van der Waals surface area (Å²) in [4.78, 5) is 12.4. The van der Waals surface area contributed by atoms with Gasteiger partial charge in [0.2, 0.25) is 0 Å². The van der Waals surface area contributed by atoms with Gasteiger partial charge in [-0.25, -0.2) is 8.78 Å². The lowest BCUT2D eigenvalue weighted by Crippen LogP contribution is -2.08. The highest BCUT2D eigenvalue weighted by Crippen LogP contribution is 2.38. The maximum absolute atomic E-state index is 13.8. The van der Waals surface area contributed by atoms with Crippen LogP contribution < -0.4 is 15.2 Å². The van der Waals surface area contributed by atoms with E-state index in [1.54, 1.807) is 25.3 Å². The maximum Gasteiger partial charge on any atom is 0.199 e. The van der Waals surface area contributed by atoms with Crippen molar-refractivity contribution in [2.24, 2.45) is 0 Å². The van der Waals surface area contributed by atoms with E-state index in [1.165, 1.54) is 37.2 Å². The molecule has 2 N–H and O–H groups in total. The number of halogens is 2. The fourth-order valence-corrected chi connectivity index (χ4v) is 5.11. The van der Waals surface area contributed by atoms with E-state index < -0.39 is 17.4 Å². The third-order valence-electron chi connectivity index (χ3n) is 6.56. The van der Waals surface area contributed by atoms with E-state index in [0.717, 1.165) is 50.0 Å². The first-order valence-electron chi connectivity index (χ1n) is 12.5. The molecule has 5 rings (SSSR count). The van der Waals surface area contributed by atoms with Gasteiger partial charge in [-0.3, -0.25) is 4.79 Å². The van der Waals surface area contributed by atoms with Gasteiger partial charge in [0.05, 0.1) is 35.7 Å². The standard InChI is InChI=1S/C16H14F2O2.C16H16N2OS.H2S/c1-9-4-5-15(20-3)12(6-9)16(19)11-7-10(2)13(17)8-14(11)18;1-9-4-5-14(19-3)11(6-9)16-12-7-10(2)13(17)8-15(12)20-18-16;/h4-8H,1-3H3;4-8H,17H2,1-3H3;1H2. The number of fused-ring (bicyclic) bond motifs is 1. The molecule has 214 valence electrons. The minimum atomic E-state index is -0.873. The number of hydrogen-bond donors (Lipinski definition) is 1. The van der Waals surface area contributed by atoms with E-state index in [4.69, 9.17) is 15.2 Å². The molecule has 0 unspecified atom stereocenters. The number of aryl methyl sites for hydroxylation is 4. The van der Waals surface area contributed by atoms with Gasteiger partial charge < -0.3 is 15.2 Å². The molecule has 1 aromatic heterocycles. The third-order valence-corrected chi connectivity index (χ3v) is 7.37. The normalized spacial score (nSPS) is 10.4. The Hall–Kier alpha value is -3.95. The van der Waals surface area contributed by atoms with Gasteiger partial charge >= 0.3 is 0 Å². The Labute approximate surface area is 249 Å². The van der Waals surface area contributed by atoms with Crippen LogP contribution in [0.5, 0.6) is 11.5 Å². The highest BCUT2D eigenvalue weighted by molar-refractivity contribution is 7.59. The highest BCUT2D eigenvalue weighted by atomic mass is 32.1. The van der Waals surface area contributed by atoms with Gasteiger partial charge in [0.15, 0.2) is 5.78 Å². The molecular weight excluding hydrogens is 562 g/mol. The van der Waals surface area contributed by atoms with Gasteiger partial charge in [-0.15, -0.1) is 0 Å². The summed E-state index contributed by atoms with van der Waals surface area (Å²) in [7, 11) is 3.12. The van der Waals surface area contributed by atoms with Crippen molar-refractivity contribution in [1.82, 2.24) is 4.37 Å². The number of nitrogens with two attached hydrogens (primary N) is 1. The first-order chi connectivity index (χ1) is 19.0. The smallest absolute Gasteiger partial charge is 0.199 e. The minimum absolute atomic E-state index is 0. The number of carbonyl (C=O) groups excluding carboxylic acids is 1. The van der Waals surface area contributed by atoms with Gasteiger partial charge in [-0.05, 0) is 92.8 Å². The average Bonchev–Trinajstić information content (AvgIpc) is 3.33. The number of benzene rings is 4. The van der Waals surface area contributed by atoms with Crippen LogP contribution in [0.3, 0.4) is 0 Å². The summed E-state index contributed by atoms with van der Waals surface area (Å²) in [5.41, 5.74) is 12.2. The SMILES string of the molecule is COc1ccc(C)cc1-c1nsc2cc(N)c(C)cc12.COc1ccc(C)cc1C(=O)c1cc(C)c(F)cc1F.S. The predicted molar refractivity (Wildman–Crippen MR) is 168 cm³/mol. The number of anilines is 1. The van der Waals surface area contributed by atoms with Crippen molar-refractivity contribution in [1.29, 1.82) is 0 Å². The molecule has 0 atom stereocenters. The molecule has 5 aromatic rings. The molecule has 1 heterocycles. The number of methoxy groups -OCH3 is 2. The van der Waals surface area contributed by atoms with Crippen LogP contribution in [0.15, 0.2) is 60.7 Å². The summed E-state index contributed by atoms with van der Waals surface area (Å²) in [6, 6.07) is 17.2. The Morgan fingerprint density at radius 1 is 0.780 bits per heavy atom. The summed E-state index contributed by atoms with van der Waals surface area (Å²) in [5.74, 6) is -0.859. The first kappa shape index (κ1) is 31.6. The van der Waals surface area contributed by atoms with Crippen LogP contribution in [-0.4, -0.2) is 24.4 Å². The molecular formula is C32H32F2N2O3S2. The predicted octanol–water partition coefficient (Wildman–Crippen LogP) is 8.10. The molecule has 4 aromatic carbocycles. The van der Waals surface area contributed by atoms with E-state index in [9.17, 15) is 13.6 Å². The van der Waals surface area contributed by atoms with Crippen molar-refractivity contribution < 1.29 is 23.0 Å². The van der Waals surface area contributed by atoms with E-state index >= 15 is 0 Å². The van der Waals surface area contributed by atoms with E-state index in [2.05, 4.69) is 23.4 Å². The number of ether oxygens (including phenoxy) is 2. The summed E-state index contributed by atoms with van der Waals surface area (Å²) in [6.07, 6.45) is 0. The van der Waals surface area contributed by atoms with Crippen molar-refractivity contribution in [2.45, 2.75) is 27.7 Å². The molecule has 0 spiro atoms. The van der Waals surface area contributed by atoms with Gasteiger partial charge in [-0.2, -0.15) is 17.9 Å². The Bertz CT molecular complexity index is 1730. The van der Waals surface area contributed by atoms with Crippen LogP contribution in [0.25, 0.3) is 21.3 Å². The van der Waals surface area contributed by atoms with Gasteiger partial charge in [0.25, 0.3) is 0 Å². The largest absolute Gasteiger partial charge is 0.496 e. The molecule has 5 nitrogen and oxygen atoms in total. The number of ketones is 1. The molecule has 0 fully saturated rings. The quantitative estimate of drug-likeness (QED) is 0.164. The van der Waals surface area contributed by atoms with Crippen molar-refractivity contribution in [2.75, 3.05) is 20.0 Å². The van der Waals surface area contributed by atoms with Gasteiger partial charge in [0, 0.05) is 22.7 Å². The fourth-order valence-electron chi connectivity index (χ4n) is 4.29. The summed E-state index contributed by atoms with van der Waals surface area (Å²) >= 11 is 1.47. The van der Waals surface area contributed by atoms with Gasteiger partial charge in [0.1, 0.15) is 23.1 Å². The number of nitrogens with zero attached hydrogens (tertiary/aromatic N) is 1. The monoisotopic (exact) mass is 594 g/mol. The van der Waals surface area contributed by atoms with Crippen LogP contribution in [0.2, 0.25) is 0 Å². The average molecular weight is 595 g/mol. The lowest BCUT2D eigenvalue weighted by molar-refractivity contribution is 0.103. The van der Waals surface area contributed by atoms with Crippen molar-refractivity contribution >= 4 is 46.6 Å². The summed E-state index contributed by atoms with van der Waals surface area (Å²) in [5, 5.41) is 1.13. The number of rotatable bonds is 5. The maximum atomic E-state index is 13.8. The number of hydrogen-bond acceptors (Lipinski definition) is 6. The minimum Gasteiger partial charge on any atom is -0.496 e. The summed E-state index contributed by atoms with van der Waals surface area (Å²) in [6.45, 7) is 7.39. The van der Waals surface area contributed by atoms with Crippen molar-refractivity contribution in [3.8, 4) is 22.8 Å². The van der Waals surface area contributed by atoms with E-state index in [-0.39, 0.29) is 30.2 Å². The Morgan fingerprint density at radius 2 is 1.41 bits per heavy atom. The molecule has 0 radical (unpaired) electrons. The second-order valence-electron chi connectivity index (χ2n) is 9.55. The number of nitrogen functional groups attached to an aromatic ring is 1. The Kier molecular flexibility index (Phi) is 10.1. The lowest BCUT2D eigenvalue weighted by Gasteiger charge is -2.10. The third kappa shape index (κ3) is 6.69. The molecule has 0 amide bonds. The van der Waals surface area contributed by atoms with E-state index in [1.807, 2.05) is 32.0 Å². The molecule has 0 aliphatic heterocycles. The Balaban J connectivity index is 0.000000220. The van der Waals surface area contributed by atoms with Gasteiger partial charge in [-0.1, -0.05) is 23.3 Å². The molecule has 0 saturated carbocycles. The van der Waals surface area contributed by atoms with Crippen LogP contribution in [0.1, 0.15) is 38.2 Å². The molecule has 41 heavy (non-hydrogen) atoms. The molecule has 0 aliphatic carbocycles. The highest BCUT2D eigenvalue weighted by Gasteiger charge is 2.20. The molecule has 0 saturated heterocycles. The topological polar surface area (TPSA) is 74.4 Å². The van der Waals surface area contributed by atoms with Crippen LogP contribution in [0, 0.1) is 39.3 Å².